The summed E-state index contributed by atoms with van der Waals surface area (Å²) in [6.07, 6.45) is 3.81. The number of fused-ring (bicyclic) bond motifs is 1. The van der Waals surface area contributed by atoms with Gasteiger partial charge in [0.2, 0.25) is 5.91 Å². The fourth-order valence-electron chi connectivity index (χ4n) is 3.76. The molecular formula is C21H24N4O2. The summed E-state index contributed by atoms with van der Waals surface area (Å²) in [4.78, 5) is 26.5. The van der Waals surface area contributed by atoms with Crippen LogP contribution in [0.4, 0.5) is 0 Å². The number of nitrogens with one attached hydrogen (secondary N) is 1. The molecule has 2 N–H and O–H groups in total. The predicted molar refractivity (Wildman–Crippen MR) is 103 cm³/mol. The zero-order valence-corrected chi connectivity index (χ0v) is 15.2. The highest BCUT2D eigenvalue weighted by atomic mass is 16.3. The Morgan fingerprint density at radius 1 is 1.19 bits per heavy atom. The third kappa shape index (κ3) is 4.01. The second kappa shape index (κ2) is 7.88. The van der Waals surface area contributed by atoms with E-state index in [-0.39, 0.29) is 11.8 Å². The smallest absolute Gasteiger partial charge is 0.223 e. The molecule has 0 aliphatic carbocycles. The van der Waals surface area contributed by atoms with Gasteiger partial charge < -0.3 is 15.0 Å². The zero-order valence-electron chi connectivity index (χ0n) is 15.2. The minimum atomic E-state index is -0.556. The van der Waals surface area contributed by atoms with Gasteiger partial charge in [0.1, 0.15) is 5.82 Å². The van der Waals surface area contributed by atoms with Crippen molar-refractivity contribution in [1.82, 2.24) is 19.9 Å². The monoisotopic (exact) mass is 364 g/mol. The Hall–Kier alpha value is -2.73. The van der Waals surface area contributed by atoms with Crippen molar-refractivity contribution in [2.45, 2.75) is 31.8 Å². The molecule has 1 aliphatic rings. The van der Waals surface area contributed by atoms with Gasteiger partial charge in [-0.15, -0.1) is 0 Å². The number of pyridine rings is 1. The topological polar surface area (TPSA) is 82.1 Å². The van der Waals surface area contributed by atoms with Crippen LogP contribution in [0.25, 0.3) is 11.0 Å². The molecule has 0 bridgehead atoms. The van der Waals surface area contributed by atoms with Gasteiger partial charge in [-0.2, -0.15) is 0 Å². The molecule has 6 heteroatoms. The maximum absolute atomic E-state index is 12.5. The molecule has 3 aromatic rings. The molecule has 2 aromatic heterocycles. The SMILES string of the molecule is O=C(CCc1nc2ccccc2[nH]1)N1CCC([C@H](O)c2ccccn2)CC1. The summed E-state index contributed by atoms with van der Waals surface area (Å²) < 4.78 is 0. The molecule has 0 radical (unpaired) electrons. The first-order valence-electron chi connectivity index (χ1n) is 9.51. The van der Waals surface area contributed by atoms with E-state index in [0.29, 0.717) is 31.6 Å². The summed E-state index contributed by atoms with van der Waals surface area (Å²) in [5, 5.41) is 10.5. The number of hydrogen-bond donors (Lipinski definition) is 2. The van der Waals surface area contributed by atoms with Crippen molar-refractivity contribution in [1.29, 1.82) is 0 Å². The van der Waals surface area contributed by atoms with Gasteiger partial charge in [-0.05, 0) is 43.0 Å². The molecule has 140 valence electrons. The summed E-state index contributed by atoms with van der Waals surface area (Å²) in [5.41, 5.74) is 2.65. The molecule has 1 saturated heterocycles. The average molecular weight is 364 g/mol. The lowest BCUT2D eigenvalue weighted by Crippen LogP contribution is -2.40. The third-order valence-corrected chi connectivity index (χ3v) is 5.34. The highest BCUT2D eigenvalue weighted by Gasteiger charge is 2.28. The zero-order chi connectivity index (χ0) is 18.6. The summed E-state index contributed by atoms with van der Waals surface area (Å²) in [5.74, 6) is 1.16. The maximum atomic E-state index is 12.5. The summed E-state index contributed by atoms with van der Waals surface area (Å²) in [6.45, 7) is 1.38. The van der Waals surface area contributed by atoms with Crippen molar-refractivity contribution in [2.75, 3.05) is 13.1 Å². The number of imidazole rings is 1. The molecule has 6 nitrogen and oxygen atoms in total. The number of rotatable bonds is 5. The van der Waals surface area contributed by atoms with Crippen LogP contribution >= 0.6 is 0 Å². The number of amides is 1. The highest BCUT2D eigenvalue weighted by molar-refractivity contribution is 5.77. The van der Waals surface area contributed by atoms with Crippen molar-refractivity contribution >= 4 is 16.9 Å². The molecular weight excluding hydrogens is 340 g/mol. The average Bonchev–Trinajstić information content (AvgIpc) is 3.15. The fraction of sp³-hybridized carbons (Fsp3) is 0.381. The van der Waals surface area contributed by atoms with Crippen molar-refractivity contribution in [2.24, 2.45) is 5.92 Å². The number of benzene rings is 1. The van der Waals surface area contributed by atoms with E-state index in [1.54, 1.807) is 6.20 Å². The van der Waals surface area contributed by atoms with Gasteiger partial charge in [-0.25, -0.2) is 4.98 Å². The minimum absolute atomic E-state index is 0.152. The molecule has 0 saturated carbocycles. The number of hydrogen-bond acceptors (Lipinski definition) is 4. The van der Waals surface area contributed by atoms with Crippen LogP contribution in [0.1, 0.15) is 36.9 Å². The second-order valence-electron chi connectivity index (χ2n) is 7.12. The number of aliphatic hydroxyl groups excluding tert-OH is 1. The number of carbonyl (C=O) groups is 1. The standard InChI is InChI=1S/C21H24N4O2/c26-20(9-8-19-23-16-5-1-2-6-17(16)24-19)25-13-10-15(11-14-25)21(27)18-7-3-4-12-22-18/h1-7,12,15,21,27H,8-11,13-14H2,(H,23,24)/t21-/m0/s1. The molecule has 0 spiro atoms. The van der Waals surface area contributed by atoms with Crippen LogP contribution in [0.3, 0.4) is 0 Å². The molecule has 1 amide bonds. The first-order chi connectivity index (χ1) is 13.2. The van der Waals surface area contributed by atoms with E-state index in [1.165, 1.54) is 0 Å². The lowest BCUT2D eigenvalue weighted by Gasteiger charge is -2.34. The van der Waals surface area contributed by atoms with Crippen molar-refractivity contribution in [3.05, 3.63) is 60.2 Å². The van der Waals surface area contributed by atoms with Gasteiger partial charge in [-0.1, -0.05) is 18.2 Å². The van der Waals surface area contributed by atoms with Crippen LogP contribution in [-0.2, 0) is 11.2 Å². The van der Waals surface area contributed by atoms with Crippen LogP contribution in [0.5, 0.6) is 0 Å². The summed E-state index contributed by atoms with van der Waals surface area (Å²) >= 11 is 0. The Bertz CT molecular complexity index is 868. The van der Waals surface area contributed by atoms with Gasteiger partial charge in [0.25, 0.3) is 0 Å². The van der Waals surface area contributed by atoms with Gasteiger partial charge in [0.15, 0.2) is 0 Å². The van der Waals surface area contributed by atoms with E-state index >= 15 is 0 Å². The largest absolute Gasteiger partial charge is 0.387 e. The van der Waals surface area contributed by atoms with E-state index < -0.39 is 6.10 Å². The van der Waals surface area contributed by atoms with Crippen molar-refractivity contribution < 1.29 is 9.90 Å². The number of carbonyl (C=O) groups excluding carboxylic acids is 1. The number of aryl methyl sites for hydroxylation is 1. The number of likely N-dealkylation sites (tertiary alicyclic amines) is 1. The number of para-hydroxylation sites is 2. The first kappa shape index (κ1) is 17.7. The lowest BCUT2D eigenvalue weighted by molar-refractivity contribution is -0.133. The van der Waals surface area contributed by atoms with Gasteiger partial charge in [-0.3, -0.25) is 9.78 Å². The molecule has 1 fully saturated rings. The van der Waals surface area contributed by atoms with Gasteiger partial charge in [0.05, 0.1) is 22.8 Å². The minimum Gasteiger partial charge on any atom is -0.387 e. The van der Waals surface area contributed by atoms with Crippen LogP contribution < -0.4 is 0 Å². The normalized spacial score (nSPS) is 16.6. The van der Waals surface area contributed by atoms with Crippen molar-refractivity contribution in [3.63, 3.8) is 0 Å². The Morgan fingerprint density at radius 3 is 2.70 bits per heavy atom. The third-order valence-electron chi connectivity index (χ3n) is 5.34. The fourth-order valence-corrected chi connectivity index (χ4v) is 3.76. The second-order valence-corrected chi connectivity index (χ2v) is 7.12. The number of aromatic amines is 1. The molecule has 1 aromatic carbocycles. The maximum Gasteiger partial charge on any atom is 0.223 e. The van der Waals surface area contributed by atoms with Crippen LogP contribution in [0.15, 0.2) is 48.7 Å². The Labute approximate surface area is 158 Å². The molecule has 27 heavy (non-hydrogen) atoms. The number of H-pyrrole nitrogens is 1. The predicted octanol–water partition coefficient (Wildman–Crippen LogP) is 2.86. The molecule has 4 rings (SSSR count). The number of nitrogens with zero attached hydrogens (tertiary/aromatic N) is 3. The number of piperidine rings is 1. The van der Waals surface area contributed by atoms with E-state index in [1.807, 2.05) is 47.4 Å². The molecule has 1 aliphatic heterocycles. The Balaban J connectivity index is 1.28. The lowest BCUT2D eigenvalue weighted by atomic mass is 9.89. The first-order valence-corrected chi connectivity index (χ1v) is 9.51. The Kier molecular flexibility index (Phi) is 5.16. The number of aromatic nitrogens is 3. The van der Waals surface area contributed by atoms with E-state index in [0.717, 1.165) is 29.7 Å². The highest BCUT2D eigenvalue weighted by Crippen LogP contribution is 2.29. The van der Waals surface area contributed by atoms with E-state index in [2.05, 4.69) is 15.0 Å². The van der Waals surface area contributed by atoms with E-state index in [4.69, 9.17) is 0 Å². The number of aliphatic hydroxyl groups is 1. The van der Waals surface area contributed by atoms with Crippen LogP contribution in [0.2, 0.25) is 0 Å². The summed E-state index contributed by atoms with van der Waals surface area (Å²) in [6, 6.07) is 13.5. The Morgan fingerprint density at radius 2 is 1.96 bits per heavy atom. The van der Waals surface area contributed by atoms with Crippen LogP contribution in [-0.4, -0.2) is 44.0 Å². The van der Waals surface area contributed by atoms with Crippen LogP contribution in [0, 0.1) is 5.92 Å². The van der Waals surface area contributed by atoms with Gasteiger partial charge in [0, 0.05) is 32.1 Å². The molecule has 1 atom stereocenters. The van der Waals surface area contributed by atoms with E-state index in [9.17, 15) is 9.90 Å². The molecule has 0 unspecified atom stereocenters. The van der Waals surface area contributed by atoms with Crippen molar-refractivity contribution in [3.8, 4) is 0 Å². The summed E-state index contributed by atoms with van der Waals surface area (Å²) in [7, 11) is 0. The van der Waals surface area contributed by atoms with Gasteiger partial charge >= 0.3 is 0 Å². The quantitative estimate of drug-likeness (QED) is 0.729. The molecule has 3 heterocycles.